The Morgan fingerprint density at radius 1 is 1.33 bits per heavy atom. The number of nitrogens with one attached hydrogen (secondary N) is 1. The maximum absolute atomic E-state index is 11.5. The van der Waals surface area contributed by atoms with Crippen molar-refractivity contribution in [2.75, 3.05) is 16.9 Å². The molecule has 2 aromatic rings. The number of fused-ring (bicyclic) bond motifs is 1. The molecule has 96 valence electrons. The largest absolute Gasteiger partial charge is 0.371 e. The van der Waals surface area contributed by atoms with Crippen LogP contribution in [-0.4, -0.2) is 25.0 Å². The van der Waals surface area contributed by atoms with E-state index in [9.17, 15) is 8.42 Å². The summed E-state index contributed by atoms with van der Waals surface area (Å²) in [5.74, 6) is 0.0418. The molecule has 18 heavy (non-hydrogen) atoms. The summed E-state index contributed by atoms with van der Waals surface area (Å²) in [6.45, 7) is 1.63. The number of anilines is 1. The molecule has 0 fully saturated rings. The van der Waals surface area contributed by atoms with Crippen molar-refractivity contribution in [1.82, 2.24) is 4.98 Å². The quantitative estimate of drug-likeness (QED) is 0.938. The first-order chi connectivity index (χ1) is 8.52. The number of aromatic nitrogens is 1. The number of sulfone groups is 1. The van der Waals surface area contributed by atoms with E-state index in [1.165, 1.54) is 0 Å². The molecular formula is C12H13ClN2O2S. The van der Waals surface area contributed by atoms with Crippen LogP contribution in [0.1, 0.15) is 6.92 Å². The smallest absolute Gasteiger partial charge is 0.167 e. The van der Waals surface area contributed by atoms with Crippen molar-refractivity contribution < 1.29 is 8.42 Å². The lowest BCUT2D eigenvalue weighted by Crippen LogP contribution is -2.16. The molecule has 0 spiro atoms. The number of benzene rings is 1. The van der Waals surface area contributed by atoms with Gasteiger partial charge in [-0.3, -0.25) is 4.98 Å². The Bertz CT molecular complexity index is 671. The lowest BCUT2D eigenvalue weighted by Gasteiger charge is -2.09. The molecule has 1 heterocycles. The van der Waals surface area contributed by atoms with E-state index in [1.807, 2.05) is 6.07 Å². The molecule has 0 aliphatic rings. The first-order valence-corrected chi connectivity index (χ1v) is 7.70. The van der Waals surface area contributed by atoms with Gasteiger partial charge in [0.05, 0.1) is 5.52 Å². The number of hydrogen-bond donors (Lipinski definition) is 1. The summed E-state index contributed by atoms with van der Waals surface area (Å²) in [6.07, 6.45) is 1.62. The van der Waals surface area contributed by atoms with Crippen LogP contribution in [0.4, 0.5) is 5.69 Å². The molecule has 4 nitrogen and oxygen atoms in total. The van der Waals surface area contributed by atoms with Gasteiger partial charge in [0.2, 0.25) is 0 Å². The van der Waals surface area contributed by atoms with Gasteiger partial charge in [0.15, 0.2) is 9.84 Å². The minimum Gasteiger partial charge on any atom is -0.371 e. The number of nitrogens with zero attached hydrogens (tertiary/aromatic N) is 1. The molecule has 1 aromatic heterocycles. The van der Waals surface area contributed by atoms with Gasteiger partial charge in [-0.1, -0.05) is 18.5 Å². The summed E-state index contributed by atoms with van der Waals surface area (Å²) < 4.78 is 22.9. The van der Waals surface area contributed by atoms with Crippen molar-refractivity contribution in [2.45, 2.75) is 6.92 Å². The van der Waals surface area contributed by atoms with E-state index in [2.05, 4.69) is 10.3 Å². The van der Waals surface area contributed by atoms with E-state index < -0.39 is 9.84 Å². The van der Waals surface area contributed by atoms with Crippen LogP contribution in [0, 0.1) is 0 Å². The van der Waals surface area contributed by atoms with Gasteiger partial charge in [-0.25, -0.2) is 8.42 Å². The normalized spacial score (nSPS) is 11.7. The molecule has 0 saturated carbocycles. The maximum atomic E-state index is 11.5. The zero-order chi connectivity index (χ0) is 13.2. The second kappa shape index (κ2) is 5.12. The minimum atomic E-state index is -3.05. The summed E-state index contributed by atoms with van der Waals surface area (Å²) in [5, 5.41) is 4.39. The molecule has 2 rings (SSSR count). The molecule has 0 aliphatic heterocycles. The molecule has 0 atom stereocenters. The fourth-order valence-electron chi connectivity index (χ4n) is 1.57. The Morgan fingerprint density at radius 2 is 2.11 bits per heavy atom. The van der Waals surface area contributed by atoms with Crippen molar-refractivity contribution >= 4 is 38.0 Å². The van der Waals surface area contributed by atoms with E-state index in [0.29, 0.717) is 5.02 Å². The highest BCUT2D eigenvalue weighted by Gasteiger charge is 2.08. The molecular weight excluding hydrogens is 272 g/mol. The van der Waals surface area contributed by atoms with Crippen LogP contribution < -0.4 is 5.32 Å². The van der Waals surface area contributed by atoms with Crippen molar-refractivity contribution in [3.63, 3.8) is 0 Å². The van der Waals surface area contributed by atoms with Crippen LogP contribution in [-0.2, 0) is 9.84 Å². The number of halogens is 1. The molecule has 0 aliphatic carbocycles. The van der Waals surface area contributed by atoms with Crippen molar-refractivity contribution in [3.05, 3.63) is 35.5 Å². The van der Waals surface area contributed by atoms with Gasteiger partial charge in [-0.15, -0.1) is 0 Å². The Morgan fingerprint density at radius 3 is 2.83 bits per heavy atom. The lowest BCUT2D eigenvalue weighted by molar-refractivity contribution is 0.599. The second-order valence-corrected chi connectivity index (χ2v) is 6.66. The Hall–Kier alpha value is -1.33. The van der Waals surface area contributed by atoms with Gasteiger partial charge in [0.25, 0.3) is 0 Å². The predicted molar refractivity (Wildman–Crippen MR) is 74.7 cm³/mol. The minimum absolute atomic E-state index is 0.0781. The lowest BCUT2D eigenvalue weighted by atomic mass is 10.2. The zero-order valence-corrected chi connectivity index (χ0v) is 11.4. The predicted octanol–water partition coefficient (Wildman–Crippen LogP) is 2.69. The fourth-order valence-corrected chi connectivity index (χ4v) is 2.31. The van der Waals surface area contributed by atoms with Crippen molar-refractivity contribution in [3.8, 4) is 0 Å². The van der Waals surface area contributed by atoms with Gasteiger partial charge in [-0.2, -0.15) is 0 Å². The number of rotatable bonds is 4. The Kier molecular flexibility index (Phi) is 3.73. The van der Waals surface area contributed by atoms with Crippen molar-refractivity contribution in [1.29, 1.82) is 0 Å². The van der Waals surface area contributed by atoms with E-state index in [4.69, 9.17) is 11.6 Å². The van der Waals surface area contributed by atoms with E-state index in [1.54, 1.807) is 31.3 Å². The van der Waals surface area contributed by atoms with Crippen LogP contribution in [0.2, 0.25) is 5.02 Å². The number of pyridine rings is 1. The van der Waals surface area contributed by atoms with Crippen LogP contribution >= 0.6 is 11.6 Å². The Labute approximate surface area is 111 Å². The van der Waals surface area contributed by atoms with Crippen LogP contribution in [0.5, 0.6) is 0 Å². The highest BCUT2D eigenvalue weighted by Crippen LogP contribution is 2.24. The fraction of sp³-hybridized carbons (Fsp3) is 0.250. The van der Waals surface area contributed by atoms with Gasteiger partial charge in [0.1, 0.15) is 5.88 Å². The monoisotopic (exact) mass is 284 g/mol. The molecule has 1 aromatic carbocycles. The highest BCUT2D eigenvalue weighted by atomic mass is 35.5. The standard InChI is InChI=1S/C12H13ClN2O2S/c1-2-18(16,17)8-15-11-5-6-14-12-7-9(13)3-4-10(11)12/h3-7H,2,8H2,1H3,(H,14,15). The molecule has 1 N–H and O–H groups in total. The molecule has 6 heteroatoms. The van der Waals surface area contributed by atoms with Crippen molar-refractivity contribution in [2.24, 2.45) is 0 Å². The van der Waals surface area contributed by atoms with Gasteiger partial charge in [0, 0.05) is 28.0 Å². The van der Waals surface area contributed by atoms with Crippen LogP contribution in [0.15, 0.2) is 30.5 Å². The summed E-state index contributed by atoms with van der Waals surface area (Å²) in [5.41, 5.74) is 1.48. The van der Waals surface area contributed by atoms with Crippen LogP contribution in [0.3, 0.4) is 0 Å². The first-order valence-electron chi connectivity index (χ1n) is 5.50. The molecule has 0 bridgehead atoms. The van der Waals surface area contributed by atoms with Gasteiger partial charge >= 0.3 is 0 Å². The first kappa shape index (κ1) is 13.1. The third-order valence-corrected chi connectivity index (χ3v) is 4.33. The van der Waals surface area contributed by atoms with Gasteiger partial charge < -0.3 is 5.32 Å². The average molecular weight is 285 g/mol. The molecule has 0 amide bonds. The second-order valence-electron chi connectivity index (χ2n) is 3.87. The summed E-state index contributed by atoms with van der Waals surface area (Å²) >= 11 is 5.89. The number of hydrogen-bond acceptors (Lipinski definition) is 4. The maximum Gasteiger partial charge on any atom is 0.167 e. The summed E-state index contributed by atoms with van der Waals surface area (Å²) in [6, 6.07) is 7.08. The third kappa shape index (κ3) is 2.91. The van der Waals surface area contributed by atoms with Crippen LogP contribution in [0.25, 0.3) is 10.9 Å². The summed E-state index contributed by atoms with van der Waals surface area (Å²) in [4.78, 5) is 4.19. The Balaban J connectivity index is 2.34. The molecule has 0 saturated heterocycles. The van der Waals surface area contributed by atoms with E-state index in [0.717, 1.165) is 16.6 Å². The van der Waals surface area contributed by atoms with E-state index in [-0.39, 0.29) is 11.6 Å². The summed E-state index contributed by atoms with van der Waals surface area (Å²) in [7, 11) is -3.05. The average Bonchev–Trinajstić information content (AvgIpc) is 2.36. The zero-order valence-electron chi connectivity index (χ0n) is 9.85. The van der Waals surface area contributed by atoms with Gasteiger partial charge in [-0.05, 0) is 24.3 Å². The van der Waals surface area contributed by atoms with E-state index >= 15 is 0 Å². The molecule has 0 unspecified atom stereocenters. The topological polar surface area (TPSA) is 59.1 Å². The SMILES string of the molecule is CCS(=O)(=O)CNc1ccnc2cc(Cl)ccc12. The third-order valence-electron chi connectivity index (χ3n) is 2.63. The molecule has 0 radical (unpaired) electrons. The highest BCUT2D eigenvalue weighted by molar-refractivity contribution is 7.91.